The normalized spacial score (nSPS) is 15.3. The summed E-state index contributed by atoms with van der Waals surface area (Å²) in [6.07, 6.45) is 0.892. The SMILES string of the molecule is CC(C)CCN1C(=O)C(C)(C)COc2cc(NC(=O)Nc3cccc(Cl)c3)ccc21. The molecule has 0 saturated carbocycles. The molecule has 30 heavy (non-hydrogen) atoms. The number of halogens is 1. The van der Waals surface area contributed by atoms with E-state index < -0.39 is 5.41 Å². The van der Waals surface area contributed by atoms with E-state index >= 15 is 0 Å². The summed E-state index contributed by atoms with van der Waals surface area (Å²) < 4.78 is 5.98. The van der Waals surface area contributed by atoms with Crippen molar-refractivity contribution >= 4 is 40.6 Å². The molecule has 1 heterocycles. The molecule has 0 aliphatic carbocycles. The van der Waals surface area contributed by atoms with Crippen molar-refractivity contribution in [3.8, 4) is 5.75 Å². The number of carbonyl (C=O) groups is 2. The number of anilines is 3. The third-order valence-corrected chi connectivity index (χ3v) is 5.17. The number of fused-ring (bicyclic) bond motifs is 1. The summed E-state index contributed by atoms with van der Waals surface area (Å²) in [7, 11) is 0. The third kappa shape index (κ3) is 5.25. The van der Waals surface area contributed by atoms with Crippen LogP contribution in [0.5, 0.6) is 5.75 Å². The van der Waals surface area contributed by atoms with E-state index in [-0.39, 0.29) is 18.5 Å². The van der Waals surface area contributed by atoms with Crippen molar-refractivity contribution in [3.05, 3.63) is 47.5 Å². The van der Waals surface area contributed by atoms with E-state index in [0.29, 0.717) is 34.6 Å². The second kappa shape index (κ2) is 8.96. The van der Waals surface area contributed by atoms with Gasteiger partial charge in [-0.2, -0.15) is 0 Å². The zero-order valence-electron chi connectivity index (χ0n) is 17.8. The van der Waals surface area contributed by atoms with Gasteiger partial charge in [0.15, 0.2) is 0 Å². The van der Waals surface area contributed by atoms with Crippen molar-refractivity contribution in [2.75, 3.05) is 28.7 Å². The number of hydrogen-bond acceptors (Lipinski definition) is 3. The number of nitrogens with zero attached hydrogens (tertiary/aromatic N) is 1. The standard InChI is InChI=1S/C23H28ClN3O3/c1-15(2)10-11-27-19-9-8-18(13-20(19)30-14-23(3,4)21(27)28)26-22(29)25-17-7-5-6-16(24)12-17/h5-9,12-13,15H,10-11,14H2,1-4H3,(H2,25,26,29). The van der Waals surface area contributed by atoms with Crippen LogP contribution in [0.1, 0.15) is 34.1 Å². The number of rotatable bonds is 5. The Bertz CT molecular complexity index is 943. The van der Waals surface area contributed by atoms with Crippen LogP contribution < -0.4 is 20.3 Å². The quantitative estimate of drug-likeness (QED) is 0.632. The first-order chi connectivity index (χ1) is 14.2. The molecule has 0 saturated heterocycles. The van der Waals surface area contributed by atoms with Gasteiger partial charge in [0, 0.05) is 29.0 Å². The van der Waals surface area contributed by atoms with Crippen LogP contribution in [0.25, 0.3) is 0 Å². The summed E-state index contributed by atoms with van der Waals surface area (Å²) in [5.41, 5.74) is 1.27. The van der Waals surface area contributed by atoms with Crippen molar-refractivity contribution in [3.63, 3.8) is 0 Å². The molecule has 6 nitrogen and oxygen atoms in total. The summed E-state index contributed by atoms with van der Waals surface area (Å²) in [4.78, 5) is 27.3. The van der Waals surface area contributed by atoms with Crippen LogP contribution in [-0.2, 0) is 4.79 Å². The van der Waals surface area contributed by atoms with Crippen LogP contribution >= 0.6 is 11.6 Å². The molecule has 7 heteroatoms. The highest BCUT2D eigenvalue weighted by molar-refractivity contribution is 6.30. The van der Waals surface area contributed by atoms with Crippen molar-refractivity contribution in [2.24, 2.45) is 11.3 Å². The maximum absolute atomic E-state index is 13.1. The summed E-state index contributed by atoms with van der Waals surface area (Å²) in [6.45, 7) is 8.95. The Kier molecular flexibility index (Phi) is 6.56. The lowest BCUT2D eigenvalue weighted by Crippen LogP contribution is -2.42. The van der Waals surface area contributed by atoms with Crippen molar-refractivity contribution in [1.29, 1.82) is 0 Å². The maximum Gasteiger partial charge on any atom is 0.323 e. The predicted molar refractivity (Wildman–Crippen MR) is 122 cm³/mol. The van der Waals surface area contributed by atoms with Gasteiger partial charge in [0.25, 0.3) is 0 Å². The highest BCUT2D eigenvalue weighted by Gasteiger charge is 2.37. The molecule has 0 spiro atoms. The highest BCUT2D eigenvalue weighted by atomic mass is 35.5. The second-order valence-corrected chi connectivity index (χ2v) is 9.02. The Hall–Kier alpha value is -2.73. The lowest BCUT2D eigenvalue weighted by atomic mass is 9.92. The first-order valence-corrected chi connectivity index (χ1v) is 10.5. The number of benzene rings is 2. The summed E-state index contributed by atoms with van der Waals surface area (Å²) in [5, 5.41) is 6.09. The first-order valence-electron chi connectivity index (χ1n) is 10.1. The molecule has 1 aliphatic rings. The molecule has 0 radical (unpaired) electrons. The third-order valence-electron chi connectivity index (χ3n) is 4.93. The molecule has 2 aromatic carbocycles. The molecule has 1 aliphatic heterocycles. The fraction of sp³-hybridized carbons (Fsp3) is 0.391. The fourth-order valence-corrected chi connectivity index (χ4v) is 3.38. The van der Waals surface area contributed by atoms with E-state index in [4.69, 9.17) is 16.3 Å². The smallest absolute Gasteiger partial charge is 0.323 e. The topological polar surface area (TPSA) is 70.7 Å². The molecule has 160 valence electrons. The molecule has 3 rings (SSSR count). The van der Waals surface area contributed by atoms with Gasteiger partial charge in [-0.05, 0) is 56.5 Å². The Morgan fingerprint density at radius 1 is 1.17 bits per heavy atom. The number of ether oxygens (including phenoxy) is 1. The Morgan fingerprint density at radius 3 is 2.53 bits per heavy atom. The van der Waals surface area contributed by atoms with Gasteiger partial charge in [0.1, 0.15) is 12.4 Å². The van der Waals surface area contributed by atoms with Crippen LogP contribution in [0, 0.1) is 11.3 Å². The largest absolute Gasteiger partial charge is 0.490 e. The monoisotopic (exact) mass is 429 g/mol. The average molecular weight is 430 g/mol. The number of carbonyl (C=O) groups excluding carboxylic acids is 2. The first kappa shape index (κ1) is 22.0. The molecule has 3 amide bonds. The van der Waals surface area contributed by atoms with Crippen LogP contribution in [0.3, 0.4) is 0 Å². The number of amides is 3. The van der Waals surface area contributed by atoms with Gasteiger partial charge in [0.2, 0.25) is 5.91 Å². The summed E-state index contributed by atoms with van der Waals surface area (Å²) in [6, 6.07) is 11.9. The lowest BCUT2D eigenvalue weighted by molar-refractivity contribution is -0.127. The Labute approximate surface area is 182 Å². The van der Waals surface area contributed by atoms with Gasteiger partial charge in [0.05, 0.1) is 11.1 Å². The zero-order valence-corrected chi connectivity index (χ0v) is 18.5. The number of urea groups is 1. The molecule has 0 atom stereocenters. The maximum atomic E-state index is 13.1. The van der Waals surface area contributed by atoms with E-state index in [0.717, 1.165) is 12.1 Å². The highest BCUT2D eigenvalue weighted by Crippen LogP contribution is 2.38. The lowest BCUT2D eigenvalue weighted by Gasteiger charge is -2.28. The molecular formula is C23H28ClN3O3. The van der Waals surface area contributed by atoms with E-state index in [1.54, 1.807) is 41.3 Å². The average Bonchev–Trinajstić information content (AvgIpc) is 2.75. The molecule has 2 aromatic rings. The molecule has 2 N–H and O–H groups in total. The van der Waals surface area contributed by atoms with E-state index in [1.165, 1.54) is 0 Å². The van der Waals surface area contributed by atoms with Crippen molar-refractivity contribution < 1.29 is 14.3 Å². The van der Waals surface area contributed by atoms with Gasteiger partial charge in [-0.1, -0.05) is 31.5 Å². The fourth-order valence-electron chi connectivity index (χ4n) is 3.19. The predicted octanol–water partition coefficient (Wildman–Crippen LogP) is 5.78. The molecule has 0 bridgehead atoms. The van der Waals surface area contributed by atoms with Gasteiger partial charge in [-0.25, -0.2) is 4.79 Å². The van der Waals surface area contributed by atoms with Gasteiger partial charge in [-0.3, -0.25) is 4.79 Å². The second-order valence-electron chi connectivity index (χ2n) is 8.58. The molecule has 0 unspecified atom stereocenters. The van der Waals surface area contributed by atoms with Gasteiger partial charge >= 0.3 is 6.03 Å². The van der Waals surface area contributed by atoms with Crippen molar-refractivity contribution in [2.45, 2.75) is 34.1 Å². The van der Waals surface area contributed by atoms with E-state index in [9.17, 15) is 9.59 Å². The van der Waals surface area contributed by atoms with Crippen LogP contribution in [0.15, 0.2) is 42.5 Å². The summed E-state index contributed by atoms with van der Waals surface area (Å²) >= 11 is 5.96. The molecule has 0 aromatic heterocycles. The number of nitrogens with one attached hydrogen (secondary N) is 2. The Morgan fingerprint density at radius 2 is 1.87 bits per heavy atom. The Balaban J connectivity index is 1.80. The number of hydrogen-bond donors (Lipinski definition) is 2. The minimum Gasteiger partial charge on any atom is -0.490 e. The van der Waals surface area contributed by atoms with Crippen LogP contribution in [0.2, 0.25) is 5.02 Å². The minimum absolute atomic E-state index is 0.0429. The summed E-state index contributed by atoms with van der Waals surface area (Å²) in [5.74, 6) is 1.10. The van der Waals surface area contributed by atoms with Gasteiger partial charge in [-0.15, -0.1) is 0 Å². The molecule has 0 fully saturated rings. The molecular weight excluding hydrogens is 402 g/mol. The van der Waals surface area contributed by atoms with E-state index in [1.807, 2.05) is 19.9 Å². The zero-order chi connectivity index (χ0) is 21.9. The van der Waals surface area contributed by atoms with Crippen molar-refractivity contribution in [1.82, 2.24) is 0 Å². The minimum atomic E-state index is -0.631. The van der Waals surface area contributed by atoms with Gasteiger partial charge < -0.3 is 20.3 Å². The van der Waals surface area contributed by atoms with E-state index in [2.05, 4.69) is 24.5 Å². The van der Waals surface area contributed by atoms with Crippen LogP contribution in [0.4, 0.5) is 21.9 Å². The van der Waals surface area contributed by atoms with Crippen LogP contribution in [-0.4, -0.2) is 25.1 Å².